The number of phenols is 1. The molecule has 0 spiro atoms. The van der Waals surface area contributed by atoms with E-state index in [1.54, 1.807) is 36.4 Å². The van der Waals surface area contributed by atoms with Crippen LogP contribution in [0, 0.1) is 12.8 Å². The predicted molar refractivity (Wildman–Crippen MR) is 88.6 cm³/mol. The fourth-order valence-electron chi connectivity index (χ4n) is 2.27. The van der Waals surface area contributed by atoms with Gasteiger partial charge in [0.1, 0.15) is 5.75 Å². The van der Waals surface area contributed by atoms with Gasteiger partial charge in [0.2, 0.25) is 5.91 Å². The Bertz CT molecular complexity index is 767. The molecule has 1 aliphatic rings. The molecule has 2 amide bonds. The number of benzene rings is 2. The lowest BCUT2D eigenvalue weighted by Crippen LogP contribution is -2.15. The first-order chi connectivity index (χ1) is 11.0. The third-order valence-electron chi connectivity index (χ3n) is 3.74. The van der Waals surface area contributed by atoms with Gasteiger partial charge in [0.25, 0.3) is 5.91 Å². The minimum absolute atomic E-state index is 0.00117. The smallest absolute Gasteiger partial charge is 0.255 e. The first-order valence-electron chi connectivity index (χ1n) is 7.55. The van der Waals surface area contributed by atoms with E-state index in [0.29, 0.717) is 16.9 Å². The molecule has 1 fully saturated rings. The van der Waals surface area contributed by atoms with Crippen LogP contribution in [-0.4, -0.2) is 16.9 Å². The average molecular weight is 310 g/mol. The highest BCUT2D eigenvalue weighted by Gasteiger charge is 2.29. The van der Waals surface area contributed by atoms with Gasteiger partial charge >= 0.3 is 0 Å². The Kier molecular flexibility index (Phi) is 4.02. The van der Waals surface area contributed by atoms with Crippen molar-refractivity contribution in [2.75, 3.05) is 10.6 Å². The van der Waals surface area contributed by atoms with Crippen LogP contribution < -0.4 is 10.6 Å². The first kappa shape index (κ1) is 15.1. The first-order valence-corrected chi connectivity index (χ1v) is 7.55. The minimum Gasteiger partial charge on any atom is -0.506 e. The van der Waals surface area contributed by atoms with E-state index in [2.05, 4.69) is 10.6 Å². The van der Waals surface area contributed by atoms with Crippen molar-refractivity contribution >= 4 is 23.2 Å². The van der Waals surface area contributed by atoms with Gasteiger partial charge in [-0.2, -0.15) is 0 Å². The largest absolute Gasteiger partial charge is 0.506 e. The lowest BCUT2D eigenvalue weighted by molar-refractivity contribution is -0.117. The summed E-state index contributed by atoms with van der Waals surface area (Å²) in [7, 11) is 0. The maximum absolute atomic E-state index is 12.3. The van der Waals surface area contributed by atoms with Crippen molar-refractivity contribution in [2.24, 2.45) is 5.92 Å². The van der Waals surface area contributed by atoms with Crippen LogP contribution >= 0.6 is 0 Å². The lowest BCUT2D eigenvalue weighted by atomic mass is 10.1. The molecule has 1 saturated carbocycles. The number of anilines is 2. The van der Waals surface area contributed by atoms with E-state index in [0.717, 1.165) is 18.4 Å². The number of aryl methyl sites for hydroxylation is 1. The van der Waals surface area contributed by atoms with Crippen LogP contribution in [0.25, 0.3) is 0 Å². The summed E-state index contributed by atoms with van der Waals surface area (Å²) in [6, 6.07) is 11.8. The van der Waals surface area contributed by atoms with Crippen LogP contribution in [-0.2, 0) is 4.79 Å². The number of carbonyl (C=O) groups is 2. The molecule has 0 radical (unpaired) electrons. The Hall–Kier alpha value is -2.82. The number of carbonyl (C=O) groups excluding carboxylic acids is 2. The second-order valence-corrected chi connectivity index (χ2v) is 5.82. The maximum Gasteiger partial charge on any atom is 0.255 e. The molecule has 3 N–H and O–H groups in total. The second kappa shape index (κ2) is 6.12. The monoisotopic (exact) mass is 310 g/mol. The van der Waals surface area contributed by atoms with Crippen LogP contribution in [0.3, 0.4) is 0 Å². The highest BCUT2D eigenvalue weighted by atomic mass is 16.3. The molecule has 118 valence electrons. The minimum atomic E-state index is -0.341. The third kappa shape index (κ3) is 3.69. The summed E-state index contributed by atoms with van der Waals surface area (Å²) >= 11 is 0. The number of rotatable bonds is 4. The maximum atomic E-state index is 12.3. The van der Waals surface area contributed by atoms with Gasteiger partial charge in [-0.3, -0.25) is 9.59 Å². The molecule has 1 aliphatic carbocycles. The number of nitrogens with one attached hydrogen (secondary N) is 2. The van der Waals surface area contributed by atoms with Gasteiger partial charge in [0, 0.05) is 17.2 Å². The molecule has 0 aromatic heterocycles. The summed E-state index contributed by atoms with van der Waals surface area (Å²) < 4.78 is 0. The number of hydrogen-bond acceptors (Lipinski definition) is 3. The van der Waals surface area contributed by atoms with Gasteiger partial charge in [0.15, 0.2) is 0 Å². The van der Waals surface area contributed by atoms with Gasteiger partial charge in [-0.25, -0.2) is 0 Å². The van der Waals surface area contributed by atoms with E-state index in [1.165, 1.54) is 0 Å². The van der Waals surface area contributed by atoms with Crippen LogP contribution in [0.2, 0.25) is 0 Å². The zero-order chi connectivity index (χ0) is 16.4. The van der Waals surface area contributed by atoms with Gasteiger partial charge in [0.05, 0.1) is 5.69 Å². The summed E-state index contributed by atoms with van der Waals surface area (Å²) in [4.78, 5) is 24.1. The number of aromatic hydroxyl groups is 1. The molecule has 2 aromatic rings. The molecule has 2 aromatic carbocycles. The SMILES string of the molecule is Cc1ccc(NC(=O)c2cccc(NC(=O)C3CC3)c2)c(O)c1. The molecule has 3 rings (SSSR count). The summed E-state index contributed by atoms with van der Waals surface area (Å²) in [5.41, 5.74) is 2.28. The van der Waals surface area contributed by atoms with Crippen molar-refractivity contribution < 1.29 is 14.7 Å². The van der Waals surface area contributed by atoms with Gasteiger partial charge in [-0.15, -0.1) is 0 Å². The van der Waals surface area contributed by atoms with E-state index in [9.17, 15) is 14.7 Å². The summed E-state index contributed by atoms with van der Waals surface area (Å²) in [5.74, 6) is -0.209. The molecule has 0 bridgehead atoms. The van der Waals surface area contributed by atoms with Gasteiger partial charge < -0.3 is 15.7 Å². The Balaban J connectivity index is 1.72. The Morgan fingerprint density at radius 1 is 1.09 bits per heavy atom. The molecular formula is C18H18N2O3. The molecule has 5 heteroatoms. The highest BCUT2D eigenvalue weighted by molar-refractivity contribution is 6.06. The lowest BCUT2D eigenvalue weighted by Gasteiger charge is -2.09. The Labute approximate surface area is 134 Å². The molecule has 0 aliphatic heterocycles. The van der Waals surface area contributed by atoms with Crippen molar-refractivity contribution in [3.05, 3.63) is 53.6 Å². The number of hydrogen-bond donors (Lipinski definition) is 3. The zero-order valence-corrected chi connectivity index (χ0v) is 12.8. The summed E-state index contributed by atoms with van der Waals surface area (Å²) in [6.45, 7) is 1.86. The van der Waals surface area contributed by atoms with E-state index < -0.39 is 0 Å². The predicted octanol–water partition coefficient (Wildman–Crippen LogP) is 3.30. The fourth-order valence-corrected chi connectivity index (χ4v) is 2.27. The fraction of sp³-hybridized carbons (Fsp3) is 0.222. The zero-order valence-electron chi connectivity index (χ0n) is 12.8. The van der Waals surface area contributed by atoms with Crippen LogP contribution in [0.4, 0.5) is 11.4 Å². The summed E-state index contributed by atoms with van der Waals surface area (Å²) in [6.07, 6.45) is 1.86. The van der Waals surface area contributed by atoms with E-state index in [4.69, 9.17) is 0 Å². The molecule has 0 saturated heterocycles. The Morgan fingerprint density at radius 3 is 2.57 bits per heavy atom. The quantitative estimate of drug-likeness (QED) is 0.758. The summed E-state index contributed by atoms with van der Waals surface area (Å²) in [5, 5.41) is 15.3. The van der Waals surface area contributed by atoms with Gasteiger partial charge in [-0.1, -0.05) is 12.1 Å². The number of amides is 2. The van der Waals surface area contributed by atoms with Crippen molar-refractivity contribution in [2.45, 2.75) is 19.8 Å². The molecule has 5 nitrogen and oxygen atoms in total. The van der Waals surface area contributed by atoms with E-state index in [-0.39, 0.29) is 23.5 Å². The highest BCUT2D eigenvalue weighted by Crippen LogP contribution is 2.30. The van der Waals surface area contributed by atoms with Crippen molar-refractivity contribution in [3.63, 3.8) is 0 Å². The van der Waals surface area contributed by atoms with Crippen molar-refractivity contribution in [1.29, 1.82) is 0 Å². The average Bonchev–Trinajstić information content (AvgIpc) is 3.35. The van der Waals surface area contributed by atoms with Gasteiger partial charge in [-0.05, 0) is 55.7 Å². The van der Waals surface area contributed by atoms with Crippen LogP contribution in [0.15, 0.2) is 42.5 Å². The van der Waals surface area contributed by atoms with Crippen molar-refractivity contribution in [1.82, 2.24) is 0 Å². The molecule has 23 heavy (non-hydrogen) atoms. The third-order valence-corrected chi connectivity index (χ3v) is 3.74. The van der Waals surface area contributed by atoms with Crippen LogP contribution in [0.5, 0.6) is 5.75 Å². The molecule has 0 unspecified atom stereocenters. The number of phenolic OH excluding ortho intramolecular Hbond substituents is 1. The van der Waals surface area contributed by atoms with Crippen molar-refractivity contribution in [3.8, 4) is 5.75 Å². The molecule has 0 atom stereocenters. The van der Waals surface area contributed by atoms with E-state index in [1.807, 2.05) is 13.0 Å². The standard InChI is InChI=1S/C18H18N2O3/c1-11-5-8-15(16(21)9-11)20-18(23)13-3-2-4-14(10-13)19-17(22)12-6-7-12/h2-5,8-10,12,21H,6-7H2,1H3,(H,19,22)(H,20,23). The van der Waals surface area contributed by atoms with E-state index >= 15 is 0 Å². The Morgan fingerprint density at radius 2 is 1.87 bits per heavy atom. The second-order valence-electron chi connectivity index (χ2n) is 5.82. The normalized spacial score (nSPS) is 13.4. The van der Waals surface area contributed by atoms with Crippen LogP contribution in [0.1, 0.15) is 28.8 Å². The molecular weight excluding hydrogens is 292 g/mol. The topological polar surface area (TPSA) is 78.4 Å². The molecule has 0 heterocycles.